The average Bonchev–Trinajstić information content (AvgIpc) is 3.17. The third kappa shape index (κ3) is 4.48. The van der Waals surface area contributed by atoms with Crippen molar-refractivity contribution >= 4 is 33.5 Å². The van der Waals surface area contributed by atoms with E-state index in [1.807, 2.05) is 14.1 Å². The van der Waals surface area contributed by atoms with Gasteiger partial charge >= 0.3 is 0 Å². The maximum Gasteiger partial charge on any atom is 0.241 e. The molecule has 3 rings (SSSR count). The van der Waals surface area contributed by atoms with Gasteiger partial charge in [0, 0.05) is 32.2 Å². The normalized spacial score (nSPS) is 14.6. The van der Waals surface area contributed by atoms with Crippen LogP contribution in [0.4, 0.5) is 11.9 Å². The highest BCUT2D eigenvalue weighted by atomic mass is 35.5. The van der Waals surface area contributed by atoms with Gasteiger partial charge in [-0.1, -0.05) is 17.7 Å². The monoisotopic (exact) mass is 410 g/mol. The summed E-state index contributed by atoms with van der Waals surface area (Å²) in [5, 5.41) is 0.407. The van der Waals surface area contributed by atoms with E-state index < -0.39 is 10.0 Å². The highest BCUT2D eigenvalue weighted by molar-refractivity contribution is 7.89. The summed E-state index contributed by atoms with van der Waals surface area (Å²) < 4.78 is 27.9. The zero-order chi connectivity index (χ0) is 19.6. The number of hydrogen-bond acceptors (Lipinski definition) is 7. The van der Waals surface area contributed by atoms with Crippen LogP contribution in [-0.4, -0.2) is 50.6 Å². The fourth-order valence-corrected chi connectivity index (χ4v) is 4.32. The van der Waals surface area contributed by atoms with Gasteiger partial charge in [-0.3, -0.25) is 0 Å². The number of nitrogens with one attached hydrogen (secondary N) is 1. The Balaban J connectivity index is 1.85. The fourth-order valence-electron chi connectivity index (χ4n) is 2.85. The van der Waals surface area contributed by atoms with Gasteiger partial charge in [0.1, 0.15) is 0 Å². The molecule has 1 saturated heterocycles. The first-order valence-electron chi connectivity index (χ1n) is 8.70. The van der Waals surface area contributed by atoms with E-state index in [-0.39, 0.29) is 11.4 Å². The predicted octanol–water partition coefficient (Wildman–Crippen LogP) is 1.98. The van der Waals surface area contributed by atoms with Gasteiger partial charge in [0.25, 0.3) is 0 Å². The van der Waals surface area contributed by atoms with Crippen LogP contribution >= 0.6 is 11.6 Å². The lowest BCUT2D eigenvalue weighted by molar-refractivity contribution is 0.578. The summed E-state index contributed by atoms with van der Waals surface area (Å²) in [6, 6.07) is 4.80. The molecule has 0 radical (unpaired) electrons. The Morgan fingerprint density at radius 3 is 2.56 bits per heavy atom. The van der Waals surface area contributed by atoms with E-state index >= 15 is 0 Å². The predicted molar refractivity (Wildman–Crippen MR) is 106 cm³/mol. The summed E-state index contributed by atoms with van der Waals surface area (Å²) in [7, 11) is -0.0594. The fraction of sp³-hybridized carbons (Fsp3) is 0.471. The molecule has 1 fully saturated rings. The first-order valence-corrected chi connectivity index (χ1v) is 10.6. The number of hydrogen-bond donors (Lipinski definition) is 1. The van der Waals surface area contributed by atoms with Crippen LogP contribution in [-0.2, 0) is 16.6 Å². The second-order valence-electron chi connectivity index (χ2n) is 6.63. The van der Waals surface area contributed by atoms with E-state index in [0.717, 1.165) is 25.9 Å². The van der Waals surface area contributed by atoms with Crippen molar-refractivity contribution in [2.45, 2.75) is 31.2 Å². The van der Waals surface area contributed by atoms with Crippen LogP contribution < -0.4 is 14.5 Å². The van der Waals surface area contributed by atoms with Crippen LogP contribution in [0, 0.1) is 6.92 Å². The van der Waals surface area contributed by atoms with Crippen molar-refractivity contribution in [3.05, 3.63) is 34.6 Å². The van der Waals surface area contributed by atoms with Crippen molar-refractivity contribution in [3.63, 3.8) is 0 Å². The Hall–Kier alpha value is -1.97. The van der Waals surface area contributed by atoms with Crippen LogP contribution in [0.5, 0.6) is 0 Å². The van der Waals surface area contributed by atoms with Gasteiger partial charge in [0.2, 0.25) is 21.9 Å². The number of halogens is 1. The number of benzene rings is 1. The van der Waals surface area contributed by atoms with Gasteiger partial charge in [0.15, 0.2) is 5.82 Å². The molecular formula is C17H23ClN6O2S. The second-order valence-corrected chi connectivity index (χ2v) is 8.77. The number of aromatic nitrogens is 3. The Bertz CT molecular complexity index is 929. The molecule has 8 nitrogen and oxygen atoms in total. The molecule has 0 atom stereocenters. The van der Waals surface area contributed by atoms with E-state index in [9.17, 15) is 8.42 Å². The Kier molecular flexibility index (Phi) is 5.83. The smallest absolute Gasteiger partial charge is 0.241 e. The third-order valence-electron chi connectivity index (χ3n) is 4.37. The second kappa shape index (κ2) is 7.95. The minimum Gasteiger partial charge on any atom is -0.347 e. The molecule has 2 heterocycles. The maximum atomic E-state index is 12.7. The van der Waals surface area contributed by atoms with E-state index in [0.29, 0.717) is 28.3 Å². The van der Waals surface area contributed by atoms with E-state index in [4.69, 9.17) is 11.6 Å². The first-order chi connectivity index (χ1) is 12.8. The SMILES string of the molecule is Cc1c(Cl)cccc1S(=O)(=O)NCc1nc(N(C)C)nc(N2CCCC2)n1. The lowest BCUT2D eigenvalue weighted by Gasteiger charge is -2.19. The topological polar surface area (TPSA) is 91.3 Å². The molecule has 1 N–H and O–H groups in total. The molecule has 1 aliphatic heterocycles. The Morgan fingerprint density at radius 2 is 1.89 bits per heavy atom. The lowest BCUT2D eigenvalue weighted by atomic mass is 10.2. The first kappa shape index (κ1) is 19.8. The van der Waals surface area contributed by atoms with Gasteiger partial charge < -0.3 is 9.80 Å². The van der Waals surface area contributed by atoms with Gasteiger partial charge in [0.05, 0.1) is 11.4 Å². The van der Waals surface area contributed by atoms with E-state index in [1.165, 1.54) is 6.07 Å². The number of rotatable bonds is 6. The zero-order valence-corrected chi connectivity index (χ0v) is 17.2. The molecule has 0 unspecified atom stereocenters. The largest absolute Gasteiger partial charge is 0.347 e. The van der Waals surface area contributed by atoms with Crippen LogP contribution in [0.15, 0.2) is 23.1 Å². The van der Waals surface area contributed by atoms with Crippen molar-refractivity contribution in [2.75, 3.05) is 37.0 Å². The van der Waals surface area contributed by atoms with Crippen molar-refractivity contribution < 1.29 is 8.42 Å². The minimum absolute atomic E-state index is 0.0293. The van der Waals surface area contributed by atoms with Gasteiger partial charge in [-0.15, -0.1) is 0 Å². The Morgan fingerprint density at radius 1 is 1.19 bits per heavy atom. The standard InChI is InChI=1S/C17H23ClN6O2S/c1-12-13(18)7-6-8-14(12)27(25,26)19-11-15-20-16(23(2)3)22-17(21-15)24-9-4-5-10-24/h6-8,19H,4-5,9-11H2,1-3H3. The molecule has 0 bridgehead atoms. The summed E-state index contributed by atoms with van der Waals surface area (Å²) in [5.74, 6) is 1.46. The minimum atomic E-state index is -3.74. The van der Waals surface area contributed by atoms with Crippen molar-refractivity contribution in [1.82, 2.24) is 19.7 Å². The molecular weight excluding hydrogens is 388 g/mol. The molecule has 0 aliphatic carbocycles. The maximum absolute atomic E-state index is 12.7. The molecule has 10 heteroatoms. The molecule has 0 saturated carbocycles. The molecule has 1 aromatic carbocycles. The average molecular weight is 411 g/mol. The molecule has 146 valence electrons. The third-order valence-corrected chi connectivity index (χ3v) is 6.33. The van der Waals surface area contributed by atoms with Crippen LogP contribution in [0.1, 0.15) is 24.2 Å². The molecule has 27 heavy (non-hydrogen) atoms. The van der Waals surface area contributed by atoms with Gasteiger partial charge in [-0.2, -0.15) is 15.0 Å². The number of sulfonamides is 1. The molecule has 1 aliphatic rings. The summed E-state index contributed by atoms with van der Waals surface area (Å²) in [4.78, 5) is 17.3. The van der Waals surface area contributed by atoms with Crippen LogP contribution in [0.2, 0.25) is 5.02 Å². The Labute approximate surface area is 164 Å². The zero-order valence-electron chi connectivity index (χ0n) is 15.6. The molecule has 0 spiro atoms. The van der Waals surface area contributed by atoms with Crippen molar-refractivity contribution in [3.8, 4) is 0 Å². The van der Waals surface area contributed by atoms with Gasteiger partial charge in [-0.25, -0.2) is 13.1 Å². The number of nitrogens with zero attached hydrogens (tertiary/aromatic N) is 5. The van der Waals surface area contributed by atoms with Crippen molar-refractivity contribution in [2.24, 2.45) is 0 Å². The van der Waals surface area contributed by atoms with E-state index in [1.54, 1.807) is 24.0 Å². The quantitative estimate of drug-likeness (QED) is 0.778. The van der Waals surface area contributed by atoms with Gasteiger partial charge in [-0.05, 0) is 37.5 Å². The summed E-state index contributed by atoms with van der Waals surface area (Å²) in [6.07, 6.45) is 2.19. The number of anilines is 2. The van der Waals surface area contributed by atoms with Crippen LogP contribution in [0.3, 0.4) is 0 Å². The van der Waals surface area contributed by atoms with Crippen molar-refractivity contribution in [1.29, 1.82) is 0 Å². The molecule has 1 aromatic heterocycles. The molecule has 2 aromatic rings. The highest BCUT2D eigenvalue weighted by Crippen LogP contribution is 2.23. The highest BCUT2D eigenvalue weighted by Gasteiger charge is 2.21. The van der Waals surface area contributed by atoms with Crippen LogP contribution in [0.25, 0.3) is 0 Å². The lowest BCUT2D eigenvalue weighted by Crippen LogP contribution is -2.28. The van der Waals surface area contributed by atoms with E-state index in [2.05, 4.69) is 24.6 Å². The summed E-state index contributed by atoms with van der Waals surface area (Å²) >= 11 is 6.05. The summed E-state index contributed by atoms with van der Waals surface area (Å²) in [5.41, 5.74) is 0.508. The molecule has 0 amide bonds. The summed E-state index contributed by atoms with van der Waals surface area (Å²) in [6.45, 7) is 3.43.